The summed E-state index contributed by atoms with van der Waals surface area (Å²) >= 11 is 0. The van der Waals surface area contributed by atoms with Gasteiger partial charge in [-0.2, -0.15) is 5.10 Å². The molecule has 0 spiro atoms. The van der Waals surface area contributed by atoms with Gasteiger partial charge in [-0.05, 0) is 12.8 Å². The lowest BCUT2D eigenvalue weighted by Crippen LogP contribution is -2.51. The predicted molar refractivity (Wildman–Crippen MR) is 60.3 cm³/mol. The Morgan fingerprint density at radius 1 is 1.76 bits per heavy atom. The number of hydrogen-bond acceptors (Lipinski definition) is 5. The number of carbonyl (C=O) groups excluding carboxylic acids is 1. The molecule has 0 aliphatic carbocycles. The highest BCUT2D eigenvalue weighted by molar-refractivity contribution is 5.90. The first-order chi connectivity index (χ1) is 8.26. The summed E-state index contributed by atoms with van der Waals surface area (Å²) in [6.45, 7) is 1.07. The van der Waals surface area contributed by atoms with Crippen molar-refractivity contribution < 1.29 is 9.53 Å². The molecule has 0 bridgehead atoms. The molecule has 2 atom stereocenters. The molecule has 17 heavy (non-hydrogen) atoms. The normalized spacial score (nSPS) is 24.9. The molecule has 3 N–H and O–H groups in total. The third kappa shape index (κ3) is 2.45. The number of nitrogens with zero attached hydrogens (tertiary/aromatic N) is 3. The number of nitrogens with one attached hydrogen (secondary N) is 1. The Morgan fingerprint density at radius 3 is 3.18 bits per heavy atom. The van der Waals surface area contributed by atoms with E-state index in [-0.39, 0.29) is 23.9 Å². The third-order valence-electron chi connectivity index (χ3n) is 3.15. The van der Waals surface area contributed by atoms with Gasteiger partial charge in [0.2, 0.25) is 5.82 Å². The lowest BCUT2D eigenvalue weighted by molar-refractivity contribution is 0.0133. The van der Waals surface area contributed by atoms with E-state index in [1.165, 1.54) is 6.33 Å². The summed E-state index contributed by atoms with van der Waals surface area (Å²) in [6.07, 6.45) is 3.11. The molecule has 0 saturated carbocycles. The van der Waals surface area contributed by atoms with Gasteiger partial charge in [-0.1, -0.05) is 0 Å². The van der Waals surface area contributed by atoms with Crippen LogP contribution in [0.5, 0.6) is 0 Å². The standard InChI is InChI=1S/C10H17N5O2/c1-17-8-2-3-15(7(4-8)5-11)10(16)9-12-6-13-14-9/h6-8H,2-5,11H2,1H3,(H,12,13,14). The van der Waals surface area contributed by atoms with Crippen molar-refractivity contribution in [3.8, 4) is 0 Å². The predicted octanol–water partition coefficient (Wildman–Crippen LogP) is -0.617. The fraction of sp³-hybridized carbons (Fsp3) is 0.700. The first kappa shape index (κ1) is 12.0. The number of piperidine rings is 1. The van der Waals surface area contributed by atoms with E-state index in [0.717, 1.165) is 12.8 Å². The number of aromatic nitrogens is 3. The summed E-state index contributed by atoms with van der Waals surface area (Å²) in [6, 6.07) is 0.00583. The van der Waals surface area contributed by atoms with Gasteiger partial charge in [-0.3, -0.25) is 9.89 Å². The van der Waals surface area contributed by atoms with Crippen molar-refractivity contribution in [1.82, 2.24) is 20.1 Å². The van der Waals surface area contributed by atoms with Crippen molar-refractivity contribution in [2.75, 3.05) is 20.2 Å². The van der Waals surface area contributed by atoms with E-state index < -0.39 is 0 Å². The van der Waals surface area contributed by atoms with Crippen LogP contribution in [-0.2, 0) is 4.74 Å². The average molecular weight is 239 g/mol. The maximum absolute atomic E-state index is 12.1. The minimum Gasteiger partial charge on any atom is -0.381 e. The molecule has 2 heterocycles. The van der Waals surface area contributed by atoms with E-state index in [1.807, 2.05) is 0 Å². The molecular formula is C10H17N5O2. The summed E-state index contributed by atoms with van der Waals surface area (Å²) in [4.78, 5) is 17.7. The number of H-pyrrole nitrogens is 1. The Labute approximate surface area is 99.3 Å². The SMILES string of the molecule is COC1CCN(C(=O)c2ncn[nH]2)C(CN)C1. The first-order valence-corrected chi connectivity index (χ1v) is 5.65. The van der Waals surface area contributed by atoms with Crippen molar-refractivity contribution in [3.05, 3.63) is 12.2 Å². The van der Waals surface area contributed by atoms with Gasteiger partial charge >= 0.3 is 0 Å². The van der Waals surface area contributed by atoms with Crippen LogP contribution in [0.2, 0.25) is 0 Å². The number of aromatic amines is 1. The van der Waals surface area contributed by atoms with Crippen molar-refractivity contribution in [1.29, 1.82) is 0 Å². The molecule has 0 aromatic carbocycles. The van der Waals surface area contributed by atoms with Gasteiger partial charge in [0, 0.05) is 26.2 Å². The lowest BCUT2D eigenvalue weighted by atomic mass is 9.99. The van der Waals surface area contributed by atoms with Gasteiger partial charge in [0.1, 0.15) is 6.33 Å². The van der Waals surface area contributed by atoms with Crippen molar-refractivity contribution in [3.63, 3.8) is 0 Å². The summed E-state index contributed by atoms with van der Waals surface area (Å²) in [5, 5.41) is 6.26. The Hall–Kier alpha value is -1.47. The van der Waals surface area contributed by atoms with Crippen LogP contribution in [-0.4, -0.2) is 58.3 Å². The molecule has 1 fully saturated rings. The van der Waals surface area contributed by atoms with Gasteiger partial charge in [0.25, 0.3) is 5.91 Å². The topological polar surface area (TPSA) is 97.1 Å². The molecule has 1 amide bonds. The zero-order valence-corrected chi connectivity index (χ0v) is 9.80. The number of ether oxygens (including phenoxy) is 1. The molecule has 1 aliphatic heterocycles. The van der Waals surface area contributed by atoms with Crippen LogP contribution in [0.25, 0.3) is 0 Å². The molecule has 2 unspecified atom stereocenters. The molecular weight excluding hydrogens is 222 g/mol. The van der Waals surface area contributed by atoms with E-state index >= 15 is 0 Å². The molecule has 1 saturated heterocycles. The molecule has 1 aromatic heterocycles. The molecule has 0 radical (unpaired) electrons. The smallest absolute Gasteiger partial charge is 0.291 e. The van der Waals surface area contributed by atoms with Crippen LogP contribution in [0.15, 0.2) is 6.33 Å². The number of hydrogen-bond donors (Lipinski definition) is 2. The van der Waals surface area contributed by atoms with Crippen LogP contribution in [0.1, 0.15) is 23.5 Å². The Kier molecular flexibility index (Phi) is 3.70. The minimum absolute atomic E-state index is 0.00583. The number of carbonyl (C=O) groups is 1. The van der Waals surface area contributed by atoms with Crippen LogP contribution < -0.4 is 5.73 Å². The number of amides is 1. The van der Waals surface area contributed by atoms with Crippen molar-refractivity contribution in [2.24, 2.45) is 5.73 Å². The Balaban J connectivity index is 2.07. The summed E-state index contributed by atoms with van der Waals surface area (Å²) in [5.41, 5.74) is 5.71. The van der Waals surface area contributed by atoms with Gasteiger partial charge < -0.3 is 15.4 Å². The second kappa shape index (κ2) is 5.24. The maximum Gasteiger partial charge on any atom is 0.291 e. The van der Waals surface area contributed by atoms with Gasteiger partial charge in [0.15, 0.2) is 0 Å². The summed E-state index contributed by atoms with van der Waals surface area (Å²) < 4.78 is 5.31. The van der Waals surface area contributed by atoms with Crippen LogP contribution in [0.3, 0.4) is 0 Å². The maximum atomic E-state index is 12.1. The quantitative estimate of drug-likeness (QED) is 0.733. The van der Waals surface area contributed by atoms with E-state index in [2.05, 4.69) is 15.2 Å². The lowest BCUT2D eigenvalue weighted by Gasteiger charge is -2.37. The van der Waals surface area contributed by atoms with Crippen LogP contribution >= 0.6 is 0 Å². The highest BCUT2D eigenvalue weighted by Gasteiger charge is 2.32. The fourth-order valence-electron chi connectivity index (χ4n) is 2.16. The molecule has 94 valence electrons. The fourth-order valence-corrected chi connectivity index (χ4v) is 2.16. The molecule has 7 nitrogen and oxygen atoms in total. The third-order valence-corrected chi connectivity index (χ3v) is 3.15. The highest BCUT2D eigenvalue weighted by atomic mass is 16.5. The minimum atomic E-state index is -0.146. The number of rotatable bonds is 3. The Morgan fingerprint density at radius 2 is 2.59 bits per heavy atom. The van der Waals surface area contributed by atoms with E-state index in [9.17, 15) is 4.79 Å². The van der Waals surface area contributed by atoms with E-state index in [1.54, 1.807) is 12.0 Å². The van der Waals surface area contributed by atoms with Gasteiger partial charge in [0.05, 0.1) is 6.10 Å². The Bertz CT molecular complexity index is 367. The number of nitrogens with two attached hydrogens (primary N) is 1. The number of methoxy groups -OCH3 is 1. The van der Waals surface area contributed by atoms with Gasteiger partial charge in [-0.15, -0.1) is 0 Å². The van der Waals surface area contributed by atoms with Crippen molar-refractivity contribution >= 4 is 5.91 Å². The van der Waals surface area contributed by atoms with Crippen LogP contribution in [0, 0.1) is 0 Å². The van der Waals surface area contributed by atoms with Crippen molar-refractivity contribution in [2.45, 2.75) is 25.0 Å². The molecule has 1 aromatic rings. The highest BCUT2D eigenvalue weighted by Crippen LogP contribution is 2.20. The van der Waals surface area contributed by atoms with Gasteiger partial charge in [-0.25, -0.2) is 4.98 Å². The molecule has 1 aliphatic rings. The monoisotopic (exact) mass is 239 g/mol. The summed E-state index contributed by atoms with van der Waals surface area (Å²) in [5.74, 6) is 0.117. The zero-order valence-electron chi connectivity index (χ0n) is 9.80. The average Bonchev–Trinajstić information content (AvgIpc) is 2.91. The van der Waals surface area contributed by atoms with Crippen LogP contribution in [0.4, 0.5) is 0 Å². The molecule has 7 heteroatoms. The van der Waals surface area contributed by atoms with E-state index in [4.69, 9.17) is 10.5 Å². The second-order valence-corrected chi connectivity index (χ2v) is 4.10. The summed E-state index contributed by atoms with van der Waals surface area (Å²) in [7, 11) is 1.69. The molecule has 2 rings (SSSR count). The second-order valence-electron chi connectivity index (χ2n) is 4.10. The van der Waals surface area contributed by atoms with E-state index in [0.29, 0.717) is 13.1 Å². The number of likely N-dealkylation sites (tertiary alicyclic amines) is 1. The largest absolute Gasteiger partial charge is 0.381 e. The zero-order chi connectivity index (χ0) is 12.3. The first-order valence-electron chi connectivity index (χ1n) is 5.65.